The second-order valence-corrected chi connectivity index (χ2v) is 3.13. The fourth-order valence-electron chi connectivity index (χ4n) is 0.702. The average molecular weight is 232 g/mol. The van der Waals surface area contributed by atoms with Crippen LogP contribution in [0.4, 0.5) is 0 Å². The predicted molar refractivity (Wildman–Crippen MR) is 40.4 cm³/mol. The standard InChI is InChI=1S/C8H15O2.Y/c1-4-5-7(10)8(2,3)6-9;/h7,10H,4-5H2,1-3H3;/q-1;. The molecule has 0 aliphatic rings. The maximum absolute atomic E-state index is 10.3. The Kier molecular flexibility index (Phi) is 8.14. The first-order valence-electron chi connectivity index (χ1n) is 3.62. The molecule has 0 aromatic heterocycles. The molecule has 11 heavy (non-hydrogen) atoms. The minimum absolute atomic E-state index is 0. The van der Waals surface area contributed by atoms with Crippen molar-refractivity contribution in [3.8, 4) is 0 Å². The molecule has 0 saturated carbocycles. The molecule has 1 N–H and O–H groups in total. The van der Waals surface area contributed by atoms with Crippen LogP contribution in [0.3, 0.4) is 0 Å². The van der Waals surface area contributed by atoms with Crippen LogP contribution in [-0.4, -0.2) is 17.5 Å². The van der Waals surface area contributed by atoms with Gasteiger partial charge in [-0.3, -0.25) is 6.29 Å². The van der Waals surface area contributed by atoms with Gasteiger partial charge in [0, 0.05) is 38.8 Å². The van der Waals surface area contributed by atoms with Crippen molar-refractivity contribution in [2.75, 3.05) is 0 Å². The number of hydrogen-bond acceptors (Lipinski definition) is 2. The molecule has 0 aromatic carbocycles. The van der Waals surface area contributed by atoms with Crippen LogP contribution in [-0.2, 0) is 37.5 Å². The molecule has 0 aromatic rings. The minimum Gasteiger partial charge on any atom is -0.541 e. The number of hydrogen-bond donors (Lipinski definition) is 1. The Morgan fingerprint density at radius 2 is 2.00 bits per heavy atom. The van der Waals surface area contributed by atoms with Crippen molar-refractivity contribution < 1.29 is 42.6 Å². The molecule has 1 radical (unpaired) electrons. The van der Waals surface area contributed by atoms with Crippen LogP contribution in [0.1, 0.15) is 33.6 Å². The van der Waals surface area contributed by atoms with Crippen LogP contribution in [0.15, 0.2) is 0 Å². The van der Waals surface area contributed by atoms with Gasteiger partial charge in [0.1, 0.15) is 0 Å². The van der Waals surface area contributed by atoms with Crippen molar-refractivity contribution in [3.63, 3.8) is 0 Å². The van der Waals surface area contributed by atoms with E-state index in [1.54, 1.807) is 13.8 Å². The first kappa shape index (κ1) is 14.3. The molecule has 2 nitrogen and oxygen atoms in total. The minimum atomic E-state index is -0.698. The van der Waals surface area contributed by atoms with Crippen LogP contribution in [0.5, 0.6) is 0 Å². The maximum atomic E-state index is 10.3. The summed E-state index contributed by atoms with van der Waals surface area (Å²) in [5.41, 5.74) is -0.698. The smallest absolute Gasteiger partial charge is 0.0351 e. The van der Waals surface area contributed by atoms with Crippen LogP contribution in [0, 0.1) is 5.41 Å². The molecule has 63 valence electrons. The van der Waals surface area contributed by atoms with Gasteiger partial charge in [-0.05, 0) is 6.42 Å². The van der Waals surface area contributed by atoms with Crippen molar-refractivity contribution in [2.45, 2.75) is 39.7 Å². The molecule has 0 amide bonds. The number of aliphatic hydroxyl groups excluding tert-OH is 1. The molecular formula is C8H15O2Y-. The number of carbonyl (C=O) groups excluding carboxylic acids is 1. The third kappa shape index (κ3) is 5.05. The maximum Gasteiger partial charge on any atom is 0.0351 e. The van der Waals surface area contributed by atoms with Gasteiger partial charge in [-0.1, -0.05) is 27.2 Å². The summed E-state index contributed by atoms with van der Waals surface area (Å²) in [5.74, 6) is 0. The van der Waals surface area contributed by atoms with E-state index in [1.807, 2.05) is 13.2 Å². The topological polar surface area (TPSA) is 37.3 Å². The molecule has 0 fully saturated rings. The van der Waals surface area contributed by atoms with Crippen LogP contribution >= 0.6 is 0 Å². The van der Waals surface area contributed by atoms with Crippen LogP contribution in [0.2, 0.25) is 0 Å². The van der Waals surface area contributed by atoms with E-state index in [0.717, 1.165) is 6.42 Å². The SMILES string of the molecule is CCCC(O)C(C)(C)[C-]=O.[Y]. The molecular weight excluding hydrogens is 217 g/mol. The van der Waals surface area contributed by atoms with Gasteiger partial charge < -0.3 is 9.90 Å². The van der Waals surface area contributed by atoms with Crippen molar-refractivity contribution >= 4 is 6.29 Å². The monoisotopic (exact) mass is 232 g/mol. The largest absolute Gasteiger partial charge is 0.541 e. The van der Waals surface area contributed by atoms with Gasteiger partial charge in [-0.2, -0.15) is 0 Å². The molecule has 1 atom stereocenters. The van der Waals surface area contributed by atoms with Gasteiger partial charge in [0.15, 0.2) is 0 Å². The summed E-state index contributed by atoms with van der Waals surface area (Å²) in [7, 11) is 0. The van der Waals surface area contributed by atoms with Gasteiger partial charge in [-0.15, -0.1) is 5.41 Å². The average Bonchev–Trinajstić information content (AvgIpc) is 1.89. The van der Waals surface area contributed by atoms with Crippen molar-refractivity contribution in [3.05, 3.63) is 0 Å². The molecule has 0 rings (SSSR count). The molecule has 0 heterocycles. The Balaban J connectivity index is 0. The second kappa shape index (κ2) is 6.27. The van der Waals surface area contributed by atoms with Gasteiger partial charge in [0.2, 0.25) is 0 Å². The molecule has 0 aliphatic carbocycles. The van der Waals surface area contributed by atoms with E-state index in [4.69, 9.17) is 0 Å². The molecule has 0 bridgehead atoms. The zero-order valence-corrected chi connectivity index (χ0v) is 10.3. The first-order valence-corrected chi connectivity index (χ1v) is 3.62. The predicted octanol–water partition coefficient (Wildman–Crippen LogP) is 1.28. The van der Waals surface area contributed by atoms with Gasteiger partial charge in [0.05, 0.1) is 0 Å². The molecule has 3 heteroatoms. The van der Waals surface area contributed by atoms with Crippen LogP contribution < -0.4 is 0 Å². The second-order valence-electron chi connectivity index (χ2n) is 3.13. The van der Waals surface area contributed by atoms with Gasteiger partial charge in [0.25, 0.3) is 0 Å². The van der Waals surface area contributed by atoms with E-state index in [0.29, 0.717) is 6.42 Å². The summed E-state index contributed by atoms with van der Waals surface area (Å²) >= 11 is 0. The van der Waals surface area contributed by atoms with Gasteiger partial charge >= 0.3 is 0 Å². The van der Waals surface area contributed by atoms with E-state index < -0.39 is 11.5 Å². The summed E-state index contributed by atoms with van der Waals surface area (Å²) in [6.45, 7) is 5.37. The van der Waals surface area contributed by atoms with Gasteiger partial charge in [-0.25, -0.2) is 0 Å². The summed E-state index contributed by atoms with van der Waals surface area (Å²) in [6.07, 6.45) is 2.84. The molecule has 0 saturated heterocycles. The fraction of sp³-hybridized carbons (Fsp3) is 0.875. The zero-order chi connectivity index (χ0) is 8.20. The Morgan fingerprint density at radius 3 is 2.27 bits per heavy atom. The van der Waals surface area contributed by atoms with E-state index in [-0.39, 0.29) is 32.7 Å². The summed E-state index contributed by atoms with van der Waals surface area (Å²) in [6, 6.07) is 0. The van der Waals surface area contributed by atoms with E-state index in [9.17, 15) is 9.90 Å². The summed E-state index contributed by atoms with van der Waals surface area (Å²) in [5, 5.41) is 9.31. The van der Waals surface area contributed by atoms with E-state index >= 15 is 0 Å². The Morgan fingerprint density at radius 1 is 1.55 bits per heavy atom. The third-order valence-corrected chi connectivity index (χ3v) is 1.66. The summed E-state index contributed by atoms with van der Waals surface area (Å²) < 4.78 is 0. The Labute approximate surface area is 93.6 Å². The number of rotatable bonds is 4. The molecule has 0 spiro atoms. The Hall–Kier alpha value is 0.734. The van der Waals surface area contributed by atoms with Crippen LogP contribution in [0.25, 0.3) is 0 Å². The molecule has 1 unspecified atom stereocenters. The van der Waals surface area contributed by atoms with Crippen molar-refractivity contribution in [1.82, 2.24) is 0 Å². The quantitative estimate of drug-likeness (QED) is 0.741. The first-order chi connectivity index (χ1) is 4.54. The van der Waals surface area contributed by atoms with Crippen molar-refractivity contribution in [2.24, 2.45) is 5.41 Å². The van der Waals surface area contributed by atoms with E-state index in [2.05, 4.69) is 0 Å². The van der Waals surface area contributed by atoms with E-state index in [1.165, 1.54) is 0 Å². The summed E-state index contributed by atoms with van der Waals surface area (Å²) in [4.78, 5) is 10.3. The van der Waals surface area contributed by atoms with Crippen molar-refractivity contribution in [1.29, 1.82) is 0 Å². The molecule has 0 aliphatic heterocycles. The fourth-order valence-corrected chi connectivity index (χ4v) is 0.702. The Bertz CT molecular complexity index is 113. The number of aliphatic hydroxyl groups is 1. The third-order valence-electron chi connectivity index (χ3n) is 1.66. The normalized spacial score (nSPS) is 13.5. The zero-order valence-electron chi connectivity index (χ0n) is 7.42.